The zero-order valence-electron chi connectivity index (χ0n) is 9.90. The lowest BCUT2D eigenvalue weighted by molar-refractivity contribution is 0.375. The number of aryl methyl sites for hydroxylation is 1. The van der Waals surface area contributed by atoms with E-state index in [1.165, 1.54) is 30.8 Å². The van der Waals surface area contributed by atoms with Crippen LogP contribution in [-0.2, 0) is 0 Å². The third kappa shape index (κ3) is 2.37. The predicted molar refractivity (Wildman–Crippen MR) is 63.0 cm³/mol. The third-order valence-electron chi connectivity index (χ3n) is 3.54. The molecule has 1 aromatic rings. The molecule has 0 amide bonds. The van der Waals surface area contributed by atoms with Crippen LogP contribution < -0.4 is 0 Å². The quantitative estimate of drug-likeness (QED) is 0.735. The van der Waals surface area contributed by atoms with Crippen molar-refractivity contribution in [1.82, 2.24) is 9.88 Å². The molecule has 1 saturated heterocycles. The van der Waals surface area contributed by atoms with Gasteiger partial charge in [-0.25, -0.2) is 0 Å². The van der Waals surface area contributed by atoms with Gasteiger partial charge in [-0.3, -0.25) is 4.98 Å². The van der Waals surface area contributed by atoms with Crippen LogP contribution in [-0.4, -0.2) is 30.0 Å². The Balaban J connectivity index is 2.07. The molecule has 2 heterocycles. The Hall–Kier alpha value is -0.890. The van der Waals surface area contributed by atoms with E-state index in [1.807, 2.05) is 6.20 Å². The van der Waals surface area contributed by atoms with Gasteiger partial charge in [-0.05, 0) is 44.5 Å². The highest BCUT2D eigenvalue weighted by atomic mass is 15.1. The van der Waals surface area contributed by atoms with Crippen molar-refractivity contribution in [2.24, 2.45) is 5.92 Å². The van der Waals surface area contributed by atoms with Crippen LogP contribution in [0.25, 0.3) is 0 Å². The monoisotopic (exact) mass is 204 g/mol. The van der Waals surface area contributed by atoms with Crippen LogP contribution >= 0.6 is 0 Å². The van der Waals surface area contributed by atoms with Crippen LogP contribution in [0.4, 0.5) is 0 Å². The van der Waals surface area contributed by atoms with E-state index in [9.17, 15) is 0 Å². The Morgan fingerprint density at radius 1 is 1.47 bits per heavy atom. The summed E-state index contributed by atoms with van der Waals surface area (Å²) < 4.78 is 0. The molecule has 0 saturated carbocycles. The van der Waals surface area contributed by atoms with Gasteiger partial charge in [0.05, 0.1) is 0 Å². The predicted octanol–water partition coefficient (Wildman–Crippen LogP) is 2.45. The van der Waals surface area contributed by atoms with Gasteiger partial charge in [-0.15, -0.1) is 0 Å². The van der Waals surface area contributed by atoms with Gasteiger partial charge in [-0.1, -0.05) is 13.0 Å². The van der Waals surface area contributed by atoms with E-state index in [4.69, 9.17) is 0 Å². The van der Waals surface area contributed by atoms with Crippen molar-refractivity contribution >= 4 is 0 Å². The van der Waals surface area contributed by atoms with E-state index >= 15 is 0 Å². The topological polar surface area (TPSA) is 16.1 Å². The molecule has 15 heavy (non-hydrogen) atoms. The molecule has 0 N–H and O–H groups in total. The maximum atomic E-state index is 4.53. The van der Waals surface area contributed by atoms with Crippen LogP contribution in [0.3, 0.4) is 0 Å². The molecule has 2 rings (SSSR count). The second kappa shape index (κ2) is 4.31. The molecule has 2 atom stereocenters. The van der Waals surface area contributed by atoms with Crippen LogP contribution in [0.15, 0.2) is 18.3 Å². The molecule has 82 valence electrons. The molecular formula is C13H20N2. The maximum absolute atomic E-state index is 4.53. The zero-order valence-corrected chi connectivity index (χ0v) is 9.90. The van der Waals surface area contributed by atoms with Crippen molar-refractivity contribution < 1.29 is 0 Å². The van der Waals surface area contributed by atoms with Gasteiger partial charge in [0.25, 0.3) is 0 Å². The molecule has 0 aromatic carbocycles. The van der Waals surface area contributed by atoms with E-state index in [2.05, 4.69) is 42.9 Å². The highest BCUT2D eigenvalue weighted by molar-refractivity contribution is 5.16. The summed E-state index contributed by atoms with van der Waals surface area (Å²) in [6.07, 6.45) is 3.29. The minimum absolute atomic E-state index is 0.593. The van der Waals surface area contributed by atoms with E-state index < -0.39 is 0 Å². The Bertz CT molecular complexity index is 318. The molecule has 1 fully saturated rings. The number of likely N-dealkylation sites (tertiary alicyclic amines) is 1. The van der Waals surface area contributed by atoms with Crippen molar-refractivity contribution in [2.75, 3.05) is 20.1 Å². The van der Waals surface area contributed by atoms with E-state index in [0.717, 1.165) is 5.92 Å². The van der Waals surface area contributed by atoms with Gasteiger partial charge >= 0.3 is 0 Å². The van der Waals surface area contributed by atoms with Crippen LogP contribution in [0, 0.1) is 12.8 Å². The first-order chi connectivity index (χ1) is 7.16. The number of hydrogen-bond acceptors (Lipinski definition) is 2. The number of aromatic nitrogens is 1. The Labute approximate surface area is 92.3 Å². The first-order valence-corrected chi connectivity index (χ1v) is 5.78. The van der Waals surface area contributed by atoms with Crippen molar-refractivity contribution in [3.63, 3.8) is 0 Å². The summed E-state index contributed by atoms with van der Waals surface area (Å²) in [6, 6.07) is 4.34. The average Bonchev–Trinajstić information content (AvgIpc) is 2.65. The molecular weight excluding hydrogens is 184 g/mol. The molecule has 0 radical (unpaired) electrons. The van der Waals surface area contributed by atoms with Gasteiger partial charge in [0.1, 0.15) is 0 Å². The van der Waals surface area contributed by atoms with Crippen LogP contribution in [0.1, 0.15) is 30.5 Å². The molecule has 2 nitrogen and oxygen atoms in total. The lowest BCUT2D eigenvalue weighted by atomic mass is 9.90. The molecule has 2 heteroatoms. The lowest BCUT2D eigenvalue weighted by Gasteiger charge is -2.18. The third-order valence-corrected chi connectivity index (χ3v) is 3.54. The summed E-state index contributed by atoms with van der Waals surface area (Å²) in [4.78, 5) is 6.94. The summed E-state index contributed by atoms with van der Waals surface area (Å²) in [5.41, 5.74) is 2.50. The first kappa shape index (κ1) is 10.6. The zero-order chi connectivity index (χ0) is 10.8. The molecule has 1 aliphatic rings. The minimum atomic E-state index is 0.593. The molecule has 1 aliphatic heterocycles. The second-order valence-corrected chi connectivity index (χ2v) is 4.86. The van der Waals surface area contributed by atoms with E-state index in [-0.39, 0.29) is 0 Å². The highest BCUT2D eigenvalue weighted by Gasteiger charge is 2.26. The number of nitrogens with zero attached hydrogens (tertiary/aromatic N) is 2. The summed E-state index contributed by atoms with van der Waals surface area (Å²) in [5, 5.41) is 0. The smallest absolute Gasteiger partial charge is 0.0435 e. The SMILES string of the molecule is Cc1ccc(C(C)[C@@H]2CCN(C)C2)nc1. The van der Waals surface area contributed by atoms with Crippen molar-refractivity contribution in [3.05, 3.63) is 29.6 Å². The summed E-state index contributed by atoms with van der Waals surface area (Å²) in [7, 11) is 2.20. The van der Waals surface area contributed by atoms with Crippen molar-refractivity contribution in [1.29, 1.82) is 0 Å². The van der Waals surface area contributed by atoms with Gasteiger partial charge in [0.15, 0.2) is 0 Å². The Morgan fingerprint density at radius 2 is 2.27 bits per heavy atom. The number of pyridine rings is 1. The maximum Gasteiger partial charge on any atom is 0.0435 e. The Morgan fingerprint density at radius 3 is 2.80 bits per heavy atom. The van der Waals surface area contributed by atoms with Gasteiger partial charge < -0.3 is 4.90 Å². The highest BCUT2D eigenvalue weighted by Crippen LogP contribution is 2.29. The summed E-state index contributed by atoms with van der Waals surface area (Å²) in [6.45, 7) is 6.85. The Kier molecular flexibility index (Phi) is 3.06. The number of rotatable bonds is 2. The number of hydrogen-bond donors (Lipinski definition) is 0. The summed E-state index contributed by atoms with van der Waals surface area (Å²) >= 11 is 0. The normalized spacial score (nSPS) is 24.3. The lowest BCUT2D eigenvalue weighted by Crippen LogP contribution is -2.17. The fourth-order valence-corrected chi connectivity index (χ4v) is 2.37. The van der Waals surface area contributed by atoms with Gasteiger partial charge in [0.2, 0.25) is 0 Å². The standard InChI is InChI=1S/C13H20N2/c1-10-4-5-13(14-8-10)11(2)12-6-7-15(3)9-12/h4-5,8,11-12H,6-7,9H2,1-3H3/t11?,12-/m1/s1. The van der Waals surface area contributed by atoms with Crippen molar-refractivity contribution in [3.8, 4) is 0 Å². The molecule has 1 aromatic heterocycles. The fraction of sp³-hybridized carbons (Fsp3) is 0.615. The minimum Gasteiger partial charge on any atom is -0.306 e. The van der Waals surface area contributed by atoms with Gasteiger partial charge in [0, 0.05) is 24.4 Å². The molecule has 0 aliphatic carbocycles. The average molecular weight is 204 g/mol. The second-order valence-electron chi connectivity index (χ2n) is 4.86. The van der Waals surface area contributed by atoms with Crippen LogP contribution in [0.5, 0.6) is 0 Å². The van der Waals surface area contributed by atoms with E-state index in [0.29, 0.717) is 5.92 Å². The largest absolute Gasteiger partial charge is 0.306 e. The molecule has 0 bridgehead atoms. The first-order valence-electron chi connectivity index (χ1n) is 5.78. The van der Waals surface area contributed by atoms with Crippen molar-refractivity contribution in [2.45, 2.75) is 26.2 Å². The molecule has 0 spiro atoms. The van der Waals surface area contributed by atoms with Crippen LogP contribution in [0.2, 0.25) is 0 Å². The summed E-state index contributed by atoms with van der Waals surface area (Å²) in [5.74, 6) is 1.38. The van der Waals surface area contributed by atoms with Gasteiger partial charge in [-0.2, -0.15) is 0 Å². The van der Waals surface area contributed by atoms with E-state index in [1.54, 1.807) is 0 Å². The molecule has 1 unspecified atom stereocenters. The fourth-order valence-electron chi connectivity index (χ4n) is 2.37.